The number of para-hydroxylation sites is 1. The number of anilines is 1. The molecule has 2 aliphatic rings. The van der Waals surface area contributed by atoms with Crippen LogP contribution in [0.25, 0.3) is 11.4 Å². The number of carbonyl (C=O) groups excluding carboxylic acids is 1. The van der Waals surface area contributed by atoms with Crippen molar-refractivity contribution in [2.75, 3.05) is 31.1 Å². The molecule has 160 valence electrons. The van der Waals surface area contributed by atoms with Crippen LogP contribution in [0.5, 0.6) is 0 Å². The highest BCUT2D eigenvalue weighted by molar-refractivity contribution is 5.76. The molecule has 0 N–H and O–H groups in total. The van der Waals surface area contributed by atoms with Gasteiger partial charge in [-0.2, -0.15) is 4.98 Å². The van der Waals surface area contributed by atoms with Crippen LogP contribution in [-0.4, -0.2) is 52.1 Å². The molecule has 2 aliphatic heterocycles. The Morgan fingerprint density at radius 3 is 2.81 bits per heavy atom. The van der Waals surface area contributed by atoms with Crippen molar-refractivity contribution in [3.8, 4) is 11.4 Å². The van der Waals surface area contributed by atoms with E-state index in [4.69, 9.17) is 4.52 Å². The molecular weight excluding hydrogens is 390 g/mol. The lowest BCUT2D eigenvalue weighted by Gasteiger charge is -2.34. The average molecular weight is 418 g/mol. The summed E-state index contributed by atoms with van der Waals surface area (Å²) < 4.78 is 5.31. The SMILES string of the molecule is O=C(CCc1nc(-c2cccnc2)no1)N1CCC(CN2CCc3ccccc32)CC1. The molecule has 7 nitrogen and oxygen atoms in total. The Balaban J connectivity index is 1.08. The van der Waals surface area contributed by atoms with Crippen molar-refractivity contribution < 1.29 is 9.32 Å². The Labute approximate surface area is 182 Å². The first-order valence-electron chi connectivity index (χ1n) is 11.1. The van der Waals surface area contributed by atoms with Gasteiger partial charge in [0.2, 0.25) is 17.6 Å². The van der Waals surface area contributed by atoms with E-state index in [1.54, 1.807) is 12.4 Å². The molecule has 1 amide bonds. The zero-order valence-corrected chi connectivity index (χ0v) is 17.6. The predicted molar refractivity (Wildman–Crippen MR) is 118 cm³/mol. The number of likely N-dealkylation sites (tertiary alicyclic amines) is 1. The summed E-state index contributed by atoms with van der Waals surface area (Å²) in [6.45, 7) is 3.88. The van der Waals surface area contributed by atoms with Gasteiger partial charge >= 0.3 is 0 Å². The van der Waals surface area contributed by atoms with E-state index in [0.717, 1.165) is 51.0 Å². The summed E-state index contributed by atoms with van der Waals surface area (Å²) in [6, 6.07) is 12.4. The van der Waals surface area contributed by atoms with Gasteiger partial charge in [0.1, 0.15) is 0 Å². The fourth-order valence-corrected chi connectivity index (χ4v) is 4.61. The van der Waals surface area contributed by atoms with Gasteiger partial charge < -0.3 is 14.3 Å². The second kappa shape index (κ2) is 8.88. The van der Waals surface area contributed by atoms with E-state index in [1.165, 1.54) is 11.3 Å². The maximum Gasteiger partial charge on any atom is 0.227 e. The number of rotatable bonds is 6. The van der Waals surface area contributed by atoms with Crippen molar-refractivity contribution in [1.29, 1.82) is 0 Å². The molecule has 1 aromatic carbocycles. The third kappa shape index (κ3) is 4.45. The number of hydrogen-bond donors (Lipinski definition) is 0. The lowest BCUT2D eigenvalue weighted by molar-refractivity contribution is -0.132. The van der Waals surface area contributed by atoms with Crippen molar-refractivity contribution in [2.24, 2.45) is 5.92 Å². The van der Waals surface area contributed by atoms with Gasteiger partial charge in [0, 0.05) is 62.7 Å². The van der Waals surface area contributed by atoms with Crippen LogP contribution in [0.2, 0.25) is 0 Å². The molecule has 5 rings (SSSR count). The summed E-state index contributed by atoms with van der Waals surface area (Å²) in [6.07, 6.45) is 7.55. The minimum Gasteiger partial charge on any atom is -0.371 e. The molecule has 0 saturated carbocycles. The molecule has 0 atom stereocenters. The molecule has 0 aliphatic carbocycles. The third-order valence-corrected chi connectivity index (χ3v) is 6.37. The zero-order valence-electron chi connectivity index (χ0n) is 17.6. The van der Waals surface area contributed by atoms with Gasteiger partial charge in [-0.1, -0.05) is 23.4 Å². The van der Waals surface area contributed by atoms with Gasteiger partial charge in [-0.15, -0.1) is 0 Å². The van der Waals surface area contributed by atoms with E-state index in [0.29, 0.717) is 30.5 Å². The monoisotopic (exact) mass is 417 g/mol. The van der Waals surface area contributed by atoms with E-state index >= 15 is 0 Å². The Kier molecular flexibility index (Phi) is 5.65. The summed E-state index contributed by atoms with van der Waals surface area (Å²) >= 11 is 0. The summed E-state index contributed by atoms with van der Waals surface area (Å²) in [5.74, 6) is 1.83. The molecule has 1 fully saturated rings. The number of carbonyl (C=O) groups is 1. The number of pyridine rings is 1. The van der Waals surface area contributed by atoms with E-state index in [-0.39, 0.29) is 5.91 Å². The minimum atomic E-state index is 0.172. The van der Waals surface area contributed by atoms with Crippen molar-refractivity contribution >= 4 is 11.6 Å². The van der Waals surface area contributed by atoms with Gasteiger partial charge in [-0.05, 0) is 48.9 Å². The van der Waals surface area contributed by atoms with Crippen LogP contribution in [0.4, 0.5) is 5.69 Å². The first kappa shape index (κ1) is 19.7. The van der Waals surface area contributed by atoms with Crippen LogP contribution in [0.3, 0.4) is 0 Å². The van der Waals surface area contributed by atoms with Gasteiger partial charge in [0.25, 0.3) is 0 Å². The number of aryl methyl sites for hydroxylation is 1. The minimum absolute atomic E-state index is 0.172. The van der Waals surface area contributed by atoms with Gasteiger partial charge in [0.15, 0.2) is 0 Å². The van der Waals surface area contributed by atoms with E-state index in [1.807, 2.05) is 17.0 Å². The quantitative estimate of drug-likeness (QED) is 0.612. The smallest absolute Gasteiger partial charge is 0.227 e. The second-order valence-corrected chi connectivity index (χ2v) is 8.40. The molecule has 31 heavy (non-hydrogen) atoms. The standard InChI is InChI=1S/C24H27N5O2/c30-23(8-7-22-26-24(27-31-22)20-5-3-12-25-16-20)28-13-9-18(10-14-28)17-29-15-11-19-4-1-2-6-21(19)29/h1-6,12,16,18H,7-11,13-15,17H2. The van der Waals surface area contributed by atoms with E-state index in [9.17, 15) is 4.79 Å². The van der Waals surface area contributed by atoms with Crippen LogP contribution in [0.1, 0.15) is 30.7 Å². The molecule has 4 heterocycles. The predicted octanol–water partition coefficient (Wildman–Crippen LogP) is 3.37. The lowest BCUT2D eigenvalue weighted by Crippen LogP contribution is -2.41. The van der Waals surface area contributed by atoms with Gasteiger partial charge in [-0.25, -0.2) is 0 Å². The first-order valence-corrected chi connectivity index (χ1v) is 11.1. The molecule has 0 unspecified atom stereocenters. The zero-order chi connectivity index (χ0) is 21.0. The third-order valence-electron chi connectivity index (χ3n) is 6.37. The summed E-state index contributed by atoms with van der Waals surface area (Å²) in [4.78, 5) is 25.7. The molecule has 0 radical (unpaired) electrons. The number of piperidine rings is 1. The summed E-state index contributed by atoms with van der Waals surface area (Å²) in [7, 11) is 0. The molecule has 2 aromatic heterocycles. The number of aromatic nitrogens is 3. The largest absolute Gasteiger partial charge is 0.371 e. The van der Waals surface area contributed by atoms with Crippen molar-refractivity contribution in [3.63, 3.8) is 0 Å². The Hall–Kier alpha value is -3.22. The van der Waals surface area contributed by atoms with Crippen molar-refractivity contribution in [2.45, 2.75) is 32.1 Å². The van der Waals surface area contributed by atoms with Crippen LogP contribution >= 0.6 is 0 Å². The fourth-order valence-electron chi connectivity index (χ4n) is 4.61. The second-order valence-electron chi connectivity index (χ2n) is 8.40. The molecule has 0 bridgehead atoms. The van der Waals surface area contributed by atoms with Crippen LogP contribution in [0, 0.1) is 5.92 Å². The number of nitrogens with zero attached hydrogens (tertiary/aromatic N) is 5. The molecule has 3 aromatic rings. The van der Waals surface area contributed by atoms with Crippen LogP contribution in [0.15, 0.2) is 53.3 Å². The van der Waals surface area contributed by atoms with Crippen LogP contribution in [-0.2, 0) is 17.6 Å². The highest BCUT2D eigenvalue weighted by Crippen LogP contribution is 2.30. The average Bonchev–Trinajstić information content (AvgIpc) is 3.46. The van der Waals surface area contributed by atoms with Crippen molar-refractivity contribution in [3.05, 3.63) is 60.2 Å². The molecule has 0 spiro atoms. The molecule has 7 heteroatoms. The lowest BCUT2D eigenvalue weighted by atomic mass is 9.95. The van der Waals surface area contributed by atoms with Gasteiger partial charge in [-0.3, -0.25) is 9.78 Å². The summed E-state index contributed by atoms with van der Waals surface area (Å²) in [5, 5.41) is 4.00. The number of benzene rings is 1. The van der Waals surface area contributed by atoms with Gasteiger partial charge in [0.05, 0.1) is 0 Å². The highest BCUT2D eigenvalue weighted by atomic mass is 16.5. The fraction of sp³-hybridized carbons (Fsp3) is 0.417. The Morgan fingerprint density at radius 1 is 1.10 bits per heavy atom. The van der Waals surface area contributed by atoms with E-state index in [2.05, 4.69) is 44.3 Å². The maximum atomic E-state index is 12.7. The summed E-state index contributed by atoms with van der Waals surface area (Å²) in [5.41, 5.74) is 3.67. The van der Waals surface area contributed by atoms with Crippen molar-refractivity contribution in [1.82, 2.24) is 20.0 Å². The van der Waals surface area contributed by atoms with E-state index < -0.39 is 0 Å². The molecular formula is C24H27N5O2. The first-order chi connectivity index (χ1) is 15.3. The Bertz CT molecular complexity index is 1030. The molecule has 1 saturated heterocycles. The number of amides is 1. The topological polar surface area (TPSA) is 75.4 Å². The van der Waals surface area contributed by atoms with Crippen LogP contribution < -0.4 is 4.90 Å². The normalized spacial score (nSPS) is 16.5. The highest BCUT2D eigenvalue weighted by Gasteiger charge is 2.27. The Morgan fingerprint density at radius 2 is 1.97 bits per heavy atom. The maximum absolute atomic E-state index is 12.7. The number of fused-ring (bicyclic) bond motifs is 1. The number of hydrogen-bond acceptors (Lipinski definition) is 6.